The fraction of sp³-hybridized carbons (Fsp3) is 0. The molecule has 4 heterocycles. The summed E-state index contributed by atoms with van der Waals surface area (Å²) in [5.41, 5.74) is 19.3. The maximum absolute atomic E-state index is 5.20. The van der Waals surface area contributed by atoms with E-state index in [9.17, 15) is 0 Å². The van der Waals surface area contributed by atoms with Crippen LogP contribution in [-0.2, 0) is 0 Å². The summed E-state index contributed by atoms with van der Waals surface area (Å²) in [5.74, 6) is 1.86. The molecular weight excluding hydrogens is 1460 g/mol. The molecule has 0 aliphatic rings. The number of hydrogen-bond acceptors (Lipinski definition) is 6. The summed E-state index contributed by atoms with van der Waals surface area (Å²) in [4.78, 5) is 20.1. The lowest BCUT2D eigenvalue weighted by Crippen LogP contribution is -2.09. The Hall–Kier alpha value is -15.6. The van der Waals surface area contributed by atoms with Crippen LogP contribution in [0.5, 0.6) is 0 Å². The molecule has 0 unspecified atom stereocenters. The standard InChI is InChI=1S/C59H37N5.C52H32N2S/c1-4-15-41(16-5-1)57-60-58(42-17-6-2-7-18-42)62-59(61-57)64-52-23-13-12-22-50(52)56-51-35-28-40-27-33-48(49-34-29-44(37-53(56)64)55(51)54(40)49)39-25-30-46(31-26-39)63(45-20-8-3-9-21-45)47-32-24-38-14-10-11-19-43(38)36-47;1-3-12-36(13-4-1)53(37-14-5-2-6-15-37)38-27-22-33(23-28-38)39-29-24-34-25-31-44-50-35(26-30-41(39)49(34)50)32-47-51(44)43-17-7-9-19-45(43)54(47)46-20-11-18-42-40-16-8-10-21-48(40)55-52(42)46/h1-37H;1-32H. The van der Waals surface area contributed by atoms with Crippen LogP contribution in [0.25, 0.3) is 196 Å². The van der Waals surface area contributed by atoms with Crippen molar-refractivity contribution in [2.75, 3.05) is 9.80 Å². The first-order valence-electron chi connectivity index (χ1n) is 40.5. The van der Waals surface area contributed by atoms with Gasteiger partial charge in [-0.15, -0.1) is 11.3 Å². The van der Waals surface area contributed by atoms with Crippen LogP contribution in [0.2, 0.25) is 0 Å². The van der Waals surface area contributed by atoms with Gasteiger partial charge in [0.2, 0.25) is 5.95 Å². The first kappa shape index (κ1) is 67.9. The Kier molecular flexibility index (Phi) is 15.7. The van der Waals surface area contributed by atoms with Gasteiger partial charge in [-0.25, -0.2) is 4.98 Å². The van der Waals surface area contributed by atoms with Gasteiger partial charge in [-0.3, -0.25) is 4.57 Å². The maximum atomic E-state index is 5.20. The number of thiophene rings is 1. The van der Waals surface area contributed by atoms with Crippen molar-refractivity contribution in [1.29, 1.82) is 0 Å². The van der Waals surface area contributed by atoms with Gasteiger partial charge in [0.1, 0.15) is 0 Å². The van der Waals surface area contributed by atoms with Crippen LogP contribution in [0.4, 0.5) is 34.1 Å². The minimum atomic E-state index is 0.587. The van der Waals surface area contributed by atoms with Crippen LogP contribution in [0.1, 0.15) is 0 Å². The molecule has 0 radical (unpaired) electrons. The minimum Gasteiger partial charge on any atom is -0.311 e. The molecule has 4 aromatic heterocycles. The van der Waals surface area contributed by atoms with Gasteiger partial charge in [0.05, 0.1) is 32.5 Å². The van der Waals surface area contributed by atoms with Gasteiger partial charge in [-0.05, 0) is 207 Å². The highest BCUT2D eigenvalue weighted by molar-refractivity contribution is 7.26. The predicted molar refractivity (Wildman–Crippen MR) is 504 cm³/mol. The molecule has 0 aliphatic heterocycles. The lowest BCUT2D eigenvalue weighted by atomic mass is 9.88. The third-order valence-corrected chi connectivity index (χ3v) is 25.5. The van der Waals surface area contributed by atoms with Crippen LogP contribution in [0, 0.1) is 0 Å². The number of para-hydroxylation sites is 5. The molecule has 0 saturated carbocycles. The molecule has 25 aromatic rings. The summed E-state index contributed by atoms with van der Waals surface area (Å²) in [6.07, 6.45) is 0. The normalized spacial score (nSPS) is 11.9. The SMILES string of the molecule is c1ccc(-c2nc(-c3ccccc3)nc(-n3c4ccccc4c4c5ccc6ccc(-c7ccc(N(c8ccccc8)c8ccc9ccccc9c8)cc7)c7ccc(cc43)c5c67)n2)cc1.c1ccc(N(c2ccccc2)c2ccc(-c3ccc4ccc5c6c(ccc3c46)cc3c5c4ccccc4n3-c3cccc4c3sc3ccccc34)cc2)cc1. The van der Waals surface area contributed by atoms with Gasteiger partial charge >= 0.3 is 0 Å². The Morgan fingerprint density at radius 1 is 0.210 bits per heavy atom. The molecule has 21 aromatic carbocycles. The number of anilines is 6. The zero-order chi connectivity index (χ0) is 78.2. The topological polar surface area (TPSA) is 55.0 Å². The highest BCUT2D eigenvalue weighted by Crippen LogP contribution is 2.50. The molecule has 0 fully saturated rings. The molecule has 554 valence electrons. The van der Waals surface area contributed by atoms with E-state index in [0.29, 0.717) is 17.6 Å². The first-order chi connectivity index (χ1) is 59.0. The summed E-state index contributed by atoms with van der Waals surface area (Å²) in [6, 6.07) is 151. The summed E-state index contributed by atoms with van der Waals surface area (Å²) >= 11 is 1.89. The van der Waals surface area contributed by atoms with E-state index in [2.05, 4.69) is 401 Å². The zero-order valence-electron chi connectivity index (χ0n) is 64.4. The number of rotatable bonds is 12. The van der Waals surface area contributed by atoms with E-state index < -0.39 is 0 Å². The Morgan fingerprint density at radius 2 is 0.597 bits per heavy atom. The number of hydrogen-bond donors (Lipinski definition) is 0. The summed E-state index contributed by atoms with van der Waals surface area (Å²) in [6.45, 7) is 0. The van der Waals surface area contributed by atoms with Crippen molar-refractivity contribution in [3.05, 3.63) is 419 Å². The molecule has 0 atom stereocenters. The number of aromatic nitrogens is 5. The molecule has 25 rings (SSSR count). The minimum absolute atomic E-state index is 0.587. The second-order valence-corrected chi connectivity index (χ2v) is 31.9. The molecule has 0 saturated heterocycles. The van der Waals surface area contributed by atoms with Crippen LogP contribution in [0.15, 0.2) is 419 Å². The zero-order valence-corrected chi connectivity index (χ0v) is 65.2. The molecule has 0 spiro atoms. The smallest absolute Gasteiger partial charge is 0.238 e. The van der Waals surface area contributed by atoms with Crippen LogP contribution >= 0.6 is 11.3 Å². The predicted octanol–water partition coefficient (Wildman–Crippen LogP) is 30.7. The summed E-state index contributed by atoms with van der Waals surface area (Å²) in [5, 5.41) is 25.2. The largest absolute Gasteiger partial charge is 0.311 e. The van der Waals surface area contributed by atoms with Gasteiger partial charge in [-0.2, -0.15) is 9.97 Å². The van der Waals surface area contributed by atoms with Crippen LogP contribution in [-0.4, -0.2) is 24.1 Å². The van der Waals surface area contributed by atoms with E-state index in [4.69, 9.17) is 15.0 Å². The van der Waals surface area contributed by atoms with Crippen molar-refractivity contribution in [2.24, 2.45) is 0 Å². The van der Waals surface area contributed by atoms with Crippen molar-refractivity contribution in [2.45, 2.75) is 0 Å². The van der Waals surface area contributed by atoms with Crippen LogP contribution < -0.4 is 9.80 Å². The van der Waals surface area contributed by atoms with Gasteiger partial charge in [0, 0.05) is 82.3 Å². The average Bonchev–Trinajstić information content (AvgIpc) is 1.60. The third-order valence-electron chi connectivity index (χ3n) is 24.3. The Bertz CT molecular complexity index is 8170. The highest BCUT2D eigenvalue weighted by atomic mass is 32.1. The molecular formula is C111H69N7S. The van der Waals surface area contributed by atoms with E-state index in [1.807, 2.05) is 47.7 Å². The molecule has 0 amide bonds. The van der Waals surface area contributed by atoms with E-state index in [1.165, 1.54) is 151 Å². The van der Waals surface area contributed by atoms with Gasteiger partial charge < -0.3 is 14.4 Å². The lowest BCUT2D eigenvalue weighted by molar-refractivity contribution is 0.954. The summed E-state index contributed by atoms with van der Waals surface area (Å²) < 4.78 is 7.38. The van der Waals surface area contributed by atoms with E-state index in [0.717, 1.165) is 61.7 Å². The monoisotopic (exact) mass is 1530 g/mol. The Labute approximate surface area is 689 Å². The van der Waals surface area contributed by atoms with E-state index in [1.54, 1.807) is 0 Å². The second kappa shape index (κ2) is 27.6. The second-order valence-electron chi connectivity index (χ2n) is 30.9. The number of benzene rings is 21. The van der Waals surface area contributed by atoms with E-state index in [-0.39, 0.29) is 0 Å². The van der Waals surface area contributed by atoms with Crippen molar-refractivity contribution in [3.8, 4) is 56.7 Å². The molecule has 8 heteroatoms. The van der Waals surface area contributed by atoms with Crippen molar-refractivity contribution >= 4 is 185 Å². The number of fused-ring (bicyclic) bond motifs is 12. The summed E-state index contributed by atoms with van der Waals surface area (Å²) in [7, 11) is 0. The quantitative estimate of drug-likeness (QED) is 0.114. The van der Waals surface area contributed by atoms with Gasteiger partial charge in [0.15, 0.2) is 11.6 Å². The Balaban J connectivity index is 0.000000137. The fourth-order valence-electron chi connectivity index (χ4n) is 19.0. The third kappa shape index (κ3) is 11.1. The van der Waals surface area contributed by atoms with Crippen LogP contribution in [0.3, 0.4) is 0 Å². The maximum Gasteiger partial charge on any atom is 0.238 e. The van der Waals surface area contributed by atoms with Crippen molar-refractivity contribution < 1.29 is 0 Å². The van der Waals surface area contributed by atoms with Crippen molar-refractivity contribution in [3.63, 3.8) is 0 Å². The van der Waals surface area contributed by atoms with Gasteiger partial charge in [-0.1, -0.05) is 309 Å². The fourth-order valence-corrected chi connectivity index (χ4v) is 20.2. The Morgan fingerprint density at radius 3 is 1.13 bits per heavy atom. The lowest BCUT2D eigenvalue weighted by Gasteiger charge is -2.26. The van der Waals surface area contributed by atoms with Crippen molar-refractivity contribution in [1.82, 2.24) is 24.1 Å². The van der Waals surface area contributed by atoms with E-state index >= 15 is 0 Å². The highest BCUT2D eigenvalue weighted by Gasteiger charge is 2.26. The first-order valence-corrected chi connectivity index (χ1v) is 41.4. The number of nitrogens with zero attached hydrogens (tertiary/aromatic N) is 7. The molecule has 0 bridgehead atoms. The molecule has 7 nitrogen and oxygen atoms in total. The molecule has 0 aliphatic carbocycles. The average molecular weight is 1530 g/mol. The molecule has 0 N–H and O–H groups in total. The molecule has 119 heavy (non-hydrogen) atoms. The van der Waals surface area contributed by atoms with Gasteiger partial charge in [0.25, 0.3) is 0 Å².